The van der Waals surface area contributed by atoms with Crippen molar-refractivity contribution < 1.29 is 14.9 Å². The molecule has 0 amide bonds. The first-order chi connectivity index (χ1) is 9.08. The van der Waals surface area contributed by atoms with E-state index in [1.54, 1.807) is 0 Å². The third kappa shape index (κ3) is 2.57. The van der Waals surface area contributed by atoms with E-state index >= 15 is 0 Å². The second kappa shape index (κ2) is 5.59. The van der Waals surface area contributed by atoms with E-state index in [1.165, 1.54) is 6.20 Å². The van der Waals surface area contributed by atoms with E-state index in [1.807, 2.05) is 0 Å². The highest BCUT2D eigenvalue weighted by Gasteiger charge is 2.43. The summed E-state index contributed by atoms with van der Waals surface area (Å²) in [7, 11) is 0. The number of hydrogen-bond donors (Lipinski definition) is 3. The molecule has 4 atom stereocenters. The molecule has 0 aliphatic carbocycles. The van der Waals surface area contributed by atoms with Gasteiger partial charge in [0.15, 0.2) is 6.23 Å². The Morgan fingerprint density at radius 2 is 2.26 bits per heavy atom. The molecule has 0 radical (unpaired) electrons. The molecule has 102 valence electrons. The minimum absolute atomic E-state index is 0.420. The van der Waals surface area contributed by atoms with Gasteiger partial charge in [-0.1, -0.05) is 5.92 Å². The van der Waals surface area contributed by atoms with E-state index in [2.05, 4.69) is 16.3 Å². The van der Waals surface area contributed by atoms with Gasteiger partial charge in [0.2, 0.25) is 0 Å². The van der Waals surface area contributed by atoms with E-state index < -0.39 is 42.2 Å². The minimum Gasteiger partial charge on any atom is -0.394 e. The van der Waals surface area contributed by atoms with Gasteiger partial charge in [-0.2, -0.15) is 0 Å². The van der Waals surface area contributed by atoms with E-state index in [0.29, 0.717) is 0 Å². The van der Waals surface area contributed by atoms with Gasteiger partial charge in [0.25, 0.3) is 5.56 Å². The van der Waals surface area contributed by atoms with Crippen molar-refractivity contribution >= 4 is 11.6 Å². The summed E-state index contributed by atoms with van der Waals surface area (Å²) < 4.78 is 6.46. The zero-order valence-electron chi connectivity index (χ0n) is 9.62. The predicted molar refractivity (Wildman–Crippen MR) is 65.4 cm³/mol. The summed E-state index contributed by atoms with van der Waals surface area (Å²) in [5.74, 6) is 1.75. The number of H-pyrrole nitrogens is 1. The molecule has 7 nitrogen and oxygen atoms in total. The van der Waals surface area contributed by atoms with Crippen molar-refractivity contribution in [1.29, 1.82) is 0 Å². The second-order valence-electron chi connectivity index (χ2n) is 4.02. The van der Waals surface area contributed by atoms with Gasteiger partial charge >= 0.3 is 5.69 Å². The summed E-state index contributed by atoms with van der Waals surface area (Å²) in [6.07, 6.45) is -1.64. The number of aliphatic hydroxyl groups is 2. The number of nitrogens with one attached hydrogen (secondary N) is 1. The first-order valence-corrected chi connectivity index (χ1v) is 5.83. The topological polar surface area (TPSA) is 105 Å². The van der Waals surface area contributed by atoms with Crippen LogP contribution in [0.3, 0.4) is 0 Å². The molecule has 2 heterocycles. The molecule has 0 spiro atoms. The van der Waals surface area contributed by atoms with Gasteiger partial charge < -0.3 is 14.9 Å². The highest BCUT2D eigenvalue weighted by molar-refractivity contribution is 6.30. The Kier molecular flexibility index (Phi) is 4.07. The van der Waals surface area contributed by atoms with Crippen LogP contribution in [0.4, 0.5) is 0 Å². The molecule has 1 aliphatic heterocycles. The van der Waals surface area contributed by atoms with Crippen molar-refractivity contribution in [2.75, 3.05) is 6.61 Å². The summed E-state index contributed by atoms with van der Waals surface area (Å²) in [4.78, 5) is 24.8. The molecule has 19 heavy (non-hydrogen) atoms. The third-order valence-electron chi connectivity index (χ3n) is 2.90. The number of rotatable bonds is 2. The molecule has 0 saturated carbocycles. The van der Waals surface area contributed by atoms with Crippen LogP contribution in [0.5, 0.6) is 0 Å². The summed E-state index contributed by atoms with van der Waals surface area (Å²) >= 11 is 5.32. The normalized spacial score (nSPS) is 29.8. The van der Waals surface area contributed by atoms with Crippen molar-refractivity contribution in [3.05, 3.63) is 33.1 Å². The lowest BCUT2D eigenvalue weighted by molar-refractivity contribution is -0.0469. The van der Waals surface area contributed by atoms with Crippen molar-refractivity contribution in [2.24, 2.45) is 5.92 Å². The van der Waals surface area contributed by atoms with Gasteiger partial charge in [0.05, 0.1) is 12.5 Å². The Bertz CT molecular complexity index is 628. The SMILES string of the molecule is O=c1ccn(C2OC(CO)C(O)C2C#CCl)c(=O)[nH]1. The lowest BCUT2D eigenvalue weighted by Gasteiger charge is -2.16. The fraction of sp³-hybridized carbons (Fsp3) is 0.455. The van der Waals surface area contributed by atoms with Crippen molar-refractivity contribution in [3.8, 4) is 11.3 Å². The fourth-order valence-electron chi connectivity index (χ4n) is 1.98. The van der Waals surface area contributed by atoms with Crippen LogP contribution in [0.2, 0.25) is 0 Å². The number of ether oxygens (including phenoxy) is 1. The summed E-state index contributed by atoms with van der Waals surface area (Å²) in [6.45, 7) is -0.420. The van der Waals surface area contributed by atoms with E-state index in [9.17, 15) is 14.7 Å². The lowest BCUT2D eigenvalue weighted by atomic mass is 10.0. The standard InChI is InChI=1S/C11H11ClN2O5/c12-3-1-6-9(17)7(5-15)19-10(6)14-4-2-8(16)13-11(14)18/h2,4,6-7,9-10,15,17H,5H2,(H,13,16,18). The first kappa shape index (κ1) is 13.8. The van der Waals surface area contributed by atoms with Crippen LogP contribution in [0, 0.1) is 17.2 Å². The molecule has 1 fully saturated rings. The predicted octanol–water partition coefficient (Wildman–Crippen LogP) is -1.40. The Hall–Kier alpha value is -1.59. The zero-order valence-corrected chi connectivity index (χ0v) is 10.4. The van der Waals surface area contributed by atoms with Crippen molar-refractivity contribution in [1.82, 2.24) is 9.55 Å². The molecule has 2 rings (SSSR count). The molecule has 1 aliphatic rings. The van der Waals surface area contributed by atoms with Crippen LogP contribution in [-0.2, 0) is 4.74 Å². The highest BCUT2D eigenvalue weighted by atomic mass is 35.5. The van der Waals surface area contributed by atoms with Gasteiger partial charge in [-0.25, -0.2) is 4.79 Å². The van der Waals surface area contributed by atoms with Crippen molar-refractivity contribution in [3.63, 3.8) is 0 Å². The van der Waals surface area contributed by atoms with E-state index in [0.717, 1.165) is 10.6 Å². The molecular formula is C11H11ClN2O5. The maximum atomic E-state index is 11.7. The molecule has 1 saturated heterocycles. The number of aromatic amines is 1. The quantitative estimate of drug-likeness (QED) is 0.580. The lowest BCUT2D eigenvalue weighted by Crippen LogP contribution is -2.34. The molecular weight excluding hydrogens is 276 g/mol. The van der Waals surface area contributed by atoms with E-state index in [-0.39, 0.29) is 0 Å². The largest absolute Gasteiger partial charge is 0.394 e. The average Bonchev–Trinajstić information content (AvgIpc) is 2.68. The number of nitrogens with zero attached hydrogens (tertiary/aromatic N) is 1. The van der Waals surface area contributed by atoms with Gasteiger partial charge in [-0.3, -0.25) is 14.3 Å². The molecule has 8 heteroatoms. The monoisotopic (exact) mass is 286 g/mol. The second-order valence-corrected chi connectivity index (χ2v) is 4.21. The highest BCUT2D eigenvalue weighted by Crippen LogP contribution is 2.33. The zero-order chi connectivity index (χ0) is 14.0. The summed E-state index contributed by atoms with van der Waals surface area (Å²) in [5.41, 5.74) is -1.23. The molecule has 1 aromatic rings. The van der Waals surface area contributed by atoms with Gasteiger partial charge in [0.1, 0.15) is 12.2 Å². The summed E-state index contributed by atoms with van der Waals surface area (Å²) in [5, 5.41) is 21.1. The Labute approximate surface area is 112 Å². The Morgan fingerprint density at radius 1 is 1.53 bits per heavy atom. The number of aromatic nitrogens is 2. The fourth-order valence-corrected chi connectivity index (χ4v) is 2.11. The van der Waals surface area contributed by atoms with Gasteiger partial charge in [-0.15, -0.1) is 0 Å². The van der Waals surface area contributed by atoms with Crippen LogP contribution < -0.4 is 11.2 Å². The summed E-state index contributed by atoms with van der Waals surface area (Å²) in [6, 6.07) is 1.15. The Morgan fingerprint density at radius 3 is 2.84 bits per heavy atom. The Balaban J connectivity index is 2.43. The smallest absolute Gasteiger partial charge is 0.330 e. The number of aliphatic hydroxyl groups excluding tert-OH is 2. The van der Waals surface area contributed by atoms with Crippen LogP contribution in [0.1, 0.15) is 6.23 Å². The maximum Gasteiger partial charge on any atom is 0.330 e. The molecule has 0 bridgehead atoms. The first-order valence-electron chi connectivity index (χ1n) is 5.45. The molecule has 1 aromatic heterocycles. The van der Waals surface area contributed by atoms with Gasteiger partial charge in [0, 0.05) is 17.6 Å². The maximum absolute atomic E-state index is 11.7. The van der Waals surface area contributed by atoms with Gasteiger partial charge in [-0.05, 0) is 11.6 Å². The molecule has 3 N–H and O–H groups in total. The number of hydrogen-bond acceptors (Lipinski definition) is 5. The van der Waals surface area contributed by atoms with Crippen LogP contribution >= 0.6 is 11.6 Å². The number of halogens is 1. The third-order valence-corrected chi connectivity index (χ3v) is 3.01. The van der Waals surface area contributed by atoms with Crippen LogP contribution in [-0.4, -0.2) is 38.6 Å². The van der Waals surface area contributed by atoms with Crippen LogP contribution in [0.25, 0.3) is 0 Å². The molecule has 4 unspecified atom stereocenters. The molecule has 0 aromatic carbocycles. The minimum atomic E-state index is -1.08. The van der Waals surface area contributed by atoms with Crippen molar-refractivity contribution in [2.45, 2.75) is 18.4 Å². The van der Waals surface area contributed by atoms with Crippen LogP contribution in [0.15, 0.2) is 21.9 Å². The average molecular weight is 287 g/mol. The van der Waals surface area contributed by atoms with E-state index in [4.69, 9.17) is 21.4 Å².